The van der Waals surface area contributed by atoms with E-state index in [1.54, 1.807) is 11.8 Å². The molecule has 136 valence electrons. The highest BCUT2D eigenvalue weighted by Gasteiger charge is 2.21. The maximum absolute atomic E-state index is 12.6. The van der Waals surface area contributed by atoms with Crippen molar-refractivity contribution in [3.63, 3.8) is 0 Å². The van der Waals surface area contributed by atoms with E-state index in [2.05, 4.69) is 29.4 Å². The van der Waals surface area contributed by atoms with Gasteiger partial charge in [-0.15, -0.1) is 10.2 Å². The lowest BCUT2D eigenvalue weighted by Gasteiger charge is -2.17. The number of thioether (sulfide) groups is 1. The molecule has 1 N–H and O–H groups in total. The van der Waals surface area contributed by atoms with Gasteiger partial charge >= 0.3 is 0 Å². The summed E-state index contributed by atoms with van der Waals surface area (Å²) in [5.74, 6) is 0.496. The fraction of sp³-hybridized carbons (Fsp3) is 0.316. The van der Waals surface area contributed by atoms with Gasteiger partial charge in [0.05, 0.1) is 0 Å². The van der Waals surface area contributed by atoms with Crippen molar-refractivity contribution in [1.29, 1.82) is 0 Å². The van der Waals surface area contributed by atoms with Crippen LogP contribution >= 0.6 is 23.1 Å². The van der Waals surface area contributed by atoms with Crippen LogP contribution < -0.4 is 10.1 Å². The molecule has 1 heterocycles. The van der Waals surface area contributed by atoms with Crippen molar-refractivity contribution in [2.24, 2.45) is 0 Å². The number of anilines is 1. The van der Waals surface area contributed by atoms with Gasteiger partial charge in [-0.25, -0.2) is 0 Å². The Kier molecular flexibility index (Phi) is 6.11. The zero-order valence-electron chi connectivity index (χ0n) is 14.9. The summed E-state index contributed by atoms with van der Waals surface area (Å²) in [6, 6.07) is 13.8. The zero-order valence-corrected chi connectivity index (χ0v) is 16.6. The Morgan fingerprint density at radius 3 is 2.73 bits per heavy atom. The topological polar surface area (TPSA) is 64.1 Å². The molecule has 1 amide bonds. The normalized spacial score (nSPS) is 12.3. The van der Waals surface area contributed by atoms with Gasteiger partial charge < -0.3 is 4.74 Å². The van der Waals surface area contributed by atoms with Crippen molar-refractivity contribution in [2.45, 2.75) is 42.9 Å². The Bertz CT molecular complexity index is 890. The summed E-state index contributed by atoms with van der Waals surface area (Å²) in [7, 11) is 0. The van der Waals surface area contributed by atoms with Gasteiger partial charge in [-0.05, 0) is 17.9 Å². The van der Waals surface area contributed by atoms with Crippen molar-refractivity contribution in [3.05, 3.63) is 42.5 Å². The molecule has 0 saturated carbocycles. The van der Waals surface area contributed by atoms with Gasteiger partial charge in [0.25, 0.3) is 5.91 Å². The van der Waals surface area contributed by atoms with Crippen molar-refractivity contribution in [2.75, 3.05) is 5.32 Å². The molecule has 2 aromatic carbocycles. The minimum Gasteiger partial charge on any atom is -0.480 e. The lowest BCUT2D eigenvalue weighted by atomic mass is 10.1. The Morgan fingerprint density at radius 2 is 1.96 bits per heavy atom. The predicted molar refractivity (Wildman–Crippen MR) is 108 cm³/mol. The van der Waals surface area contributed by atoms with Gasteiger partial charge in [0.15, 0.2) is 10.4 Å². The molecular weight excluding hydrogens is 366 g/mol. The van der Waals surface area contributed by atoms with E-state index in [0.717, 1.165) is 15.1 Å². The van der Waals surface area contributed by atoms with Crippen LogP contribution in [0.1, 0.15) is 27.2 Å². The number of fused-ring (bicyclic) bond motifs is 1. The fourth-order valence-corrected chi connectivity index (χ4v) is 4.45. The minimum absolute atomic E-state index is 0.210. The Morgan fingerprint density at radius 1 is 1.19 bits per heavy atom. The Labute approximate surface area is 161 Å². The number of amides is 1. The average Bonchev–Trinajstić information content (AvgIpc) is 3.05. The van der Waals surface area contributed by atoms with E-state index in [-0.39, 0.29) is 5.91 Å². The van der Waals surface area contributed by atoms with Gasteiger partial charge in [-0.3, -0.25) is 10.1 Å². The molecule has 0 fully saturated rings. The van der Waals surface area contributed by atoms with Gasteiger partial charge in [0.2, 0.25) is 5.13 Å². The maximum Gasteiger partial charge on any atom is 0.267 e. The first-order valence-electron chi connectivity index (χ1n) is 8.52. The van der Waals surface area contributed by atoms with Gasteiger partial charge in [-0.2, -0.15) is 0 Å². The summed E-state index contributed by atoms with van der Waals surface area (Å²) < 4.78 is 6.87. The molecule has 0 saturated heterocycles. The van der Waals surface area contributed by atoms with E-state index in [1.807, 2.05) is 49.4 Å². The van der Waals surface area contributed by atoms with Crippen molar-refractivity contribution in [1.82, 2.24) is 10.2 Å². The zero-order chi connectivity index (χ0) is 18.5. The van der Waals surface area contributed by atoms with Crippen molar-refractivity contribution < 1.29 is 9.53 Å². The molecule has 1 atom stereocenters. The molecule has 26 heavy (non-hydrogen) atoms. The maximum atomic E-state index is 12.6. The van der Waals surface area contributed by atoms with Gasteiger partial charge in [0.1, 0.15) is 5.75 Å². The van der Waals surface area contributed by atoms with Crippen LogP contribution in [0.25, 0.3) is 10.8 Å². The molecule has 0 aliphatic rings. The summed E-state index contributed by atoms with van der Waals surface area (Å²) in [4.78, 5) is 12.6. The first-order valence-corrected chi connectivity index (χ1v) is 10.2. The van der Waals surface area contributed by atoms with Crippen LogP contribution in [0.3, 0.4) is 0 Å². The SMILES string of the molecule is CCC(Oc1cccc2ccccc12)C(=O)Nc1nnc(SC(C)C)s1. The molecule has 1 aromatic heterocycles. The second-order valence-corrected chi connectivity index (χ2v) is 8.82. The first-order chi connectivity index (χ1) is 12.6. The Balaban J connectivity index is 1.71. The van der Waals surface area contributed by atoms with E-state index < -0.39 is 6.10 Å². The third-order valence-corrected chi connectivity index (χ3v) is 5.58. The average molecular weight is 388 g/mol. The number of hydrogen-bond donors (Lipinski definition) is 1. The predicted octanol–water partition coefficient (Wildman–Crippen LogP) is 4.99. The molecule has 0 radical (unpaired) electrons. The molecule has 0 aliphatic carbocycles. The second kappa shape index (κ2) is 8.51. The summed E-state index contributed by atoms with van der Waals surface area (Å²) in [5.41, 5.74) is 0. The monoisotopic (exact) mass is 387 g/mol. The first kappa shape index (κ1) is 18.7. The minimum atomic E-state index is -0.592. The van der Waals surface area contributed by atoms with Crippen LogP contribution in [0.2, 0.25) is 0 Å². The molecule has 5 nitrogen and oxygen atoms in total. The molecule has 0 aliphatic heterocycles. The molecule has 7 heteroatoms. The summed E-state index contributed by atoms with van der Waals surface area (Å²) in [6.45, 7) is 6.11. The summed E-state index contributed by atoms with van der Waals surface area (Å²) in [6.07, 6.45) is -0.0347. The fourth-order valence-electron chi connectivity index (χ4n) is 2.47. The largest absolute Gasteiger partial charge is 0.480 e. The number of rotatable bonds is 7. The van der Waals surface area contributed by atoms with E-state index in [4.69, 9.17) is 4.74 Å². The molecule has 0 bridgehead atoms. The van der Waals surface area contributed by atoms with E-state index >= 15 is 0 Å². The Hall–Kier alpha value is -2.12. The van der Waals surface area contributed by atoms with Crippen LogP contribution in [0.5, 0.6) is 5.75 Å². The third kappa shape index (κ3) is 4.53. The third-order valence-electron chi connectivity index (χ3n) is 3.66. The highest BCUT2D eigenvalue weighted by Crippen LogP contribution is 2.29. The lowest BCUT2D eigenvalue weighted by molar-refractivity contribution is -0.122. The van der Waals surface area contributed by atoms with Crippen LogP contribution in [0, 0.1) is 0 Å². The highest BCUT2D eigenvalue weighted by atomic mass is 32.2. The van der Waals surface area contributed by atoms with Crippen molar-refractivity contribution >= 4 is 44.9 Å². The molecule has 3 rings (SSSR count). The summed E-state index contributed by atoms with van der Waals surface area (Å²) in [5, 5.41) is 14.0. The number of nitrogens with one attached hydrogen (secondary N) is 1. The standard InChI is InChI=1S/C19H21N3O2S2/c1-4-15(17(23)20-18-21-22-19(26-18)25-12(2)3)24-16-11-7-9-13-8-5-6-10-14(13)16/h5-12,15H,4H2,1-3H3,(H,20,21,23). The van der Waals surface area contributed by atoms with E-state index in [9.17, 15) is 4.79 Å². The number of ether oxygens (including phenoxy) is 1. The van der Waals surface area contributed by atoms with Gasteiger partial charge in [-0.1, -0.05) is 80.3 Å². The number of carbonyl (C=O) groups is 1. The quantitative estimate of drug-likeness (QED) is 0.457. The number of nitrogens with zero attached hydrogens (tertiary/aromatic N) is 2. The second-order valence-electron chi connectivity index (χ2n) is 6.02. The van der Waals surface area contributed by atoms with Crippen LogP contribution in [-0.2, 0) is 4.79 Å². The highest BCUT2D eigenvalue weighted by molar-refractivity contribution is 8.01. The van der Waals surface area contributed by atoms with Crippen LogP contribution in [0.4, 0.5) is 5.13 Å². The van der Waals surface area contributed by atoms with Crippen LogP contribution in [-0.4, -0.2) is 27.5 Å². The van der Waals surface area contributed by atoms with Gasteiger partial charge in [0, 0.05) is 10.6 Å². The number of aromatic nitrogens is 2. The smallest absolute Gasteiger partial charge is 0.267 e. The van der Waals surface area contributed by atoms with E-state index in [1.165, 1.54) is 11.3 Å². The van der Waals surface area contributed by atoms with Crippen molar-refractivity contribution in [3.8, 4) is 5.75 Å². The summed E-state index contributed by atoms with van der Waals surface area (Å²) >= 11 is 3.01. The number of hydrogen-bond acceptors (Lipinski definition) is 6. The molecule has 1 unspecified atom stereocenters. The molecular formula is C19H21N3O2S2. The lowest BCUT2D eigenvalue weighted by Crippen LogP contribution is -2.32. The molecule has 0 spiro atoms. The number of benzene rings is 2. The van der Waals surface area contributed by atoms with Crippen LogP contribution in [0.15, 0.2) is 46.8 Å². The molecule has 3 aromatic rings. The number of carbonyl (C=O) groups excluding carboxylic acids is 1. The van der Waals surface area contributed by atoms with E-state index in [0.29, 0.717) is 22.6 Å².